The Balaban J connectivity index is 2.31. The van der Waals surface area contributed by atoms with Crippen LogP contribution in [0.15, 0.2) is 68.3 Å². The van der Waals surface area contributed by atoms with Gasteiger partial charge in [0.05, 0.1) is 9.73 Å². The van der Waals surface area contributed by atoms with E-state index in [1.807, 2.05) is 0 Å². The van der Waals surface area contributed by atoms with Crippen LogP contribution in [0.25, 0.3) is 0 Å². The zero-order valence-corrected chi connectivity index (χ0v) is 17.5. The molecule has 1 amide bonds. The molecule has 2 aromatic rings. The van der Waals surface area contributed by atoms with Crippen LogP contribution in [0.2, 0.25) is 0 Å². The number of benzene rings is 2. The summed E-state index contributed by atoms with van der Waals surface area (Å²) in [6.07, 6.45) is -0.927. The van der Waals surface area contributed by atoms with Gasteiger partial charge in [0.15, 0.2) is 6.10 Å². The van der Waals surface area contributed by atoms with Gasteiger partial charge in [0.25, 0.3) is 0 Å². The summed E-state index contributed by atoms with van der Waals surface area (Å²) in [6, 6.07) is 15.2. The van der Waals surface area contributed by atoms with Gasteiger partial charge < -0.3 is 4.74 Å². The molecule has 2 rings (SSSR count). The number of alkyl halides is 3. The van der Waals surface area contributed by atoms with E-state index in [2.05, 4.69) is 20.3 Å². The Labute approximate surface area is 169 Å². The van der Waals surface area contributed by atoms with Gasteiger partial charge in [-0.15, -0.1) is 4.36 Å². The molecule has 0 aliphatic carbocycles. The van der Waals surface area contributed by atoms with Crippen molar-refractivity contribution in [2.45, 2.75) is 14.8 Å². The van der Waals surface area contributed by atoms with E-state index in [1.165, 1.54) is 6.26 Å². The molecule has 0 bridgehead atoms. The second-order valence-corrected chi connectivity index (χ2v) is 10.6. The van der Waals surface area contributed by atoms with Gasteiger partial charge in [-0.05, 0) is 23.8 Å². The number of amides is 1. The largest absolute Gasteiger partial charge is 0.442 e. The maximum absolute atomic E-state index is 12.7. The third-order valence-corrected chi connectivity index (χ3v) is 5.81. The second-order valence-electron chi connectivity index (χ2n) is 5.07. The first-order chi connectivity index (χ1) is 11.6. The highest BCUT2D eigenvalue weighted by Gasteiger charge is 2.37. The molecule has 0 heterocycles. The number of rotatable bonds is 3. The van der Waals surface area contributed by atoms with Gasteiger partial charge in [0, 0.05) is 15.6 Å². The van der Waals surface area contributed by atoms with Crippen LogP contribution in [0, 0.1) is 0 Å². The molecule has 0 fully saturated rings. The van der Waals surface area contributed by atoms with Crippen LogP contribution in [0.5, 0.6) is 0 Å². The van der Waals surface area contributed by atoms with Gasteiger partial charge in [-0.3, -0.25) is 0 Å². The summed E-state index contributed by atoms with van der Waals surface area (Å²) in [6.45, 7) is 0. The summed E-state index contributed by atoms with van der Waals surface area (Å²) in [4.78, 5) is 12.6. The van der Waals surface area contributed by atoms with E-state index in [-0.39, 0.29) is 0 Å². The minimum Gasteiger partial charge on any atom is -0.435 e. The number of halogens is 4. The van der Waals surface area contributed by atoms with E-state index in [9.17, 15) is 9.00 Å². The molecule has 0 aromatic heterocycles. The maximum Gasteiger partial charge on any atom is 0.442 e. The smallest absolute Gasteiger partial charge is 0.435 e. The van der Waals surface area contributed by atoms with Gasteiger partial charge in [0.2, 0.25) is 3.79 Å². The summed E-state index contributed by atoms with van der Waals surface area (Å²) in [5, 5.41) is 0. The van der Waals surface area contributed by atoms with Crippen LogP contribution in [0.1, 0.15) is 11.7 Å². The van der Waals surface area contributed by atoms with Crippen molar-refractivity contribution in [1.29, 1.82) is 0 Å². The Hall–Kier alpha value is -0.790. The Morgan fingerprint density at radius 3 is 2.36 bits per heavy atom. The molecule has 0 saturated carbocycles. The van der Waals surface area contributed by atoms with Crippen LogP contribution in [-0.4, -0.2) is 20.4 Å². The molecule has 4 nitrogen and oxygen atoms in total. The van der Waals surface area contributed by atoms with Crippen molar-refractivity contribution in [2.75, 3.05) is 6.26 Å². The van der Waals surface area contributed by atoms with Crippen molar-refractivity contribution in [3.8, 4) is 0 Å². The number of carbonyl (C=O) groups is 1. The minimum absolute atomic E-state index is 0.379. The van der Waals surface area contributed by atoms with Crippen LogP contribution >= 0.6 is 50.7 Å². The van der Waals surface area contributed by atoms with Crippen LogP contribution in [0.3, 0.4) is 0 Å². The summed E-state index contributed by atoms with van der Waals surface area (Å²) in [7, 11) is -3.01. The van der Waals surface area contributed by atoms with Gasteiger partial charge in [-0.25, -0.2) is 9.00 Å². The average molecular weight is 486 g/mol. The highest BCUT2D eigenvalue weighted by atomic mass is 79.9. The predicted octanol–water partition coefficient (Wildman–Crippen LogP) is 6.15. The topological polar surface area (TPSA) is 55.7 Å². The average Bonchev–Trinajstić information content (AvgIpc) is 2.52. The zero-order chi connectivity index (χ0) is 18.7. The zero-order valence-electron chi connectivity index (χ0n) is 12.9. The van der Waals surface area contributed by atoms with E-state index in [0.29, 0.717) is 14.9 Å². The summed E-state index contributed by atoms with van der Waals surface area (Å²) < 4.78 is 20.4. The third-order valence-electron chi connectivity index (χ3n) is 3.10. The van der Waals surface area contributed by atoms with Crippen molar-refractivity contribution < 1.29 is 13.7 Å². The standard InChI is InChI=1S/C16H13BrCl3NO3S/c1-25(23,13-9-5-8-12(17)10-13)21-15(22)24-14(16(18,19)20)11-6-3-2-4-7-11/h2-10,14H,1H3/t14-,25?/m0/s1. The summed E-state index contributed by atoms with van der Waals surface area (Å²) in [5.74, 6) is 0. The fraction of sp³-hybridized carbons (Fsp3) is 0.188. The minimum atomic E-state index is -3.01. The van der Waals surface area contributed by atoms with Gasteiger partial charge >= 0.3 is 6.09 Å². The normalized spacial score (nSPS) is 15.1. The Morgan fingerprint density at radius 1 is 1.16 bits per heavy atom. The van der Waals surface area contributed by atoms with E-state index >= 15 is 0 Å². The lowest BCUT2D eigenvalue weighted by atomic mass is 10.1. The number of hydrogen-bond donors (Lipinski definition) is 0. The van der Waals surface area contributed by atoms with Crippen molar-refractivity contribution in [1.82, 2.24) is 0 Å². The number of ether oxygens (including phenoxy) is 1. The first-order valence-corrected chi connectivity index (χ1v) is 10.7. The molecular formula is C16H13BrCl3NO3S. The summed E-state index contributed by atoms with van der Waals surface area (Å²) in [5.41, 5.74) is 0.483. The molecule has 134 valence electrons. The summed E-state index contributed by atoms with van der Waals surface area (Å²) >= 11 is 21.0. The number of hydrogen-bond acceptors (Lipinski definition) is 3. The highest BCUT2D eigenvalue weighted by molar-refractivity contribution is 9.10. The molecule has 2 aromatic carbocycles. The SMILES string of the molecule is CS(=O)(=NC(=O)O[C@@H](c1ccccc1)C(Cl)(Cl)Cl)c1cccc(Br)c1. The maximum atomic E-state index is 12.7. The molecular weight excluding hydrogens is 473 g/mol. The molecule has 0 spiro atoms. The molecule has 0 aliphatic heterocycles. The molecule has 25 heavy (non-hydrogen) atoms. The number of nitrogens with zero attached hydrogens (tertiary/aromatic N) is 1. The molecule has 0 radical (unpaired) electrons. The third kappa shape index (κ3) is 5.86. The van der Waals surface area contributed by atoms with E-state index in [4.69, 9.17) is 39.5 Å². The predicted molar refractivity (Wildman–Crippen MR) is 105 cm³/mol. The lowest BCUT2D eigenvalue weighted by Crippen LogP contribution is -2.22. The molecule has 0 saturated heterocycles. The van der Waals surface area contributed by atoms with Crippen molar-refractivity contribution in [3.05, 3.63) is 64.6 Å². The van der Waals surface area contributed by atoms with Crippen LogP contribution in [0.4, 0.5) is 4.79 Å². The first-order valence-electron chi connectivity index (χ1n) is 6.89. The lowest BCUT2D eigenvalue weighted by molar-refractivity contribution is 0.109. The number of carbonyl (C=O) groups excluding carboxylic acids is 1. The molecule has 9 heteroatoms. The second kappa shape index (κ2) is 8.27. The van der Waals surface area contributed by atoms with Crippen LogP contribution < -0.4 is 0 Å². The van der Waals surface area contributed by atoms with E-state index in [0.717, 1.165) is 0 Å². The molecule has 2 atom stereocenters. The van der Waals surface area contributed by atoms with E-state index in [1.54, 1.807) is 54.6 Å². The monoisotopic (exact) mass is 483 g/mol. The Morgan fingerprint density at radius 2 is 1.80 bits per heavy atom. The fourth-order valence-corrected chi connectivity index (χ4v) is 4.14. The molecule has 0 aliphatic rings. The van der Waals surface area contributed by atoms with Crippen molar-refractivity contribution >= 4 is 66.6 Å². The van der Waals surface area contributed by atoms with E-state index < -0.39 is 25.7 Å². The van der Waals surface area contributed by atoms with Crippen LogP contribution in [-0.2, 0) is 14.5 Å². The van der Waals surface area contributed by atoms with Crippen molar-refractivity contribution in [3.63, 3.8) is 0 Å². The quantitative estimate of drug-likeness (QED) is 0.490. The highest BCUT2D eigenvalue weighted by Crippen LogP contribution is 2.42. The lowest BCUT2D eigenvalue weighted by Gasteiger charge is -2.23. The molecule has 1 unspecified atom stereocenters. The van der Waals surface area contributed by atoms with Crippen molar-refractivity contribution in [2.24, 2.45) is 4.36 Å². The van der Waals surface area contributed by atoms with Gasteiger partial charge in [-0.1, -0.05) is 87.1 Å². The van der Waals surface area contributed by atoms with Gasteiger partial charge in [0.1, 0.15) is 0 Å². The first kappa shape index (κ1) is 20.5. The Kier molecular flexibility index (Phi) is 6.79. The fourth-order valence-electron chi connectivity index (χ4n) is 1.97. The Bertz CT molecular complexity index is 878. The molecule has 0 N–H and O–H groups in total. The van der Waals surface area contributed by atoms with Gasteiger partial charge in [-0.2, -0.15) is 0 Å².